The molecule has 6 nitrogen and oxygen atoms in total. The third-order valence-electron chi connectivity index (χ3n) is 4.21. The van der Waals surface area contributed by atoms with E-state index in [1.165, 1.54) is 0 Å². The molecule has 1 aromatic carbocycles. The second-order valence-corrected chi connectivity index (χ2v) is 6.07. The largest absolute Gasteiger partial charge is 0.372 e. The van der Waals surface area contributed by atoms with Gasteiger partial charge in [0, 0.05) is 37.2 Å². The zero-order valence-corrected chi connectivity index (χ0v) is 16.0. The smallest absolute Gasteiger partial charge is 0.274 e. The van der Waals surface area contributed by atoms with E-state index in [9.17, 15) is 4.79 Å². The Hall–Kier alpha value is -2.63. The minimum atomic E-state index is -0.236. The lowest BCUT2D eigenvalue weighted by atomic mass is 10.2. The summed E-state index contributed by atoms with van der Waals surface area (Å²) in [6.45, 7) is 9.14. The average Bonchev–Trinajstić information content (AvgIpc) is 2.68. The molecule has 6 heteroatoms. The maximum absolute atomic E-state index is 12.4. The number of nitrogens with zero attached hydrogens (tertiary/aromatic N) is 3. The number of rotatable bonds is 10. The fourth-order valence-corrected chi connectivity index (χ4v) is 2.68. The predicted molar refractivity (Wildman–Crippen MR) is 108 cm³/mol. The molecular weight excluding hydrogens is 326 g/mol. The third-order valence-corrected chi connectivity index (χ3v) is 4.21. The van der Waals surface area contributed by atoms with E-state index in [-0.39, 0.29) is 5.91 Å². The topological polar surface area (TPSA) is 70.2 Å². The van der Waals surface area contributed by atoms with Gasteiger partial charge >= 0.3 is 0 Å². The molecule has 0 spiro atoms. The van der Waals surface area contributed by atoms with E-state index >= 15 is 0 Å². The SMILES string of the molecule is CCCCCNc1nccc(C(=O)Nc2ccc(N(CC)CC)cc2)n1. The van der Waals surface area contributed by atoms with Gasteiger partial charge in [-0.25, -0.2) is 9.97 Å². The Labute approximate surface area is 156 Å². The van der Waals surface area contributed by atoms with Gasteiger partial charge in [0.15, 0.2) is 0 Å². The molecule has 0 aliphatic heterocycles. The molecule has 1 amide bonds. The standard InChI is InChI=1S/C20H29N5O/c1-4-7-8-14-21-20-22-15-13-18(24-20)19(26)23-16-9-11-17(12-10-16)25(5-2)6-3/h9-13,15H,4-8,14H2,1-3H3,(H,23,26)(H,21,22,24). The van der Waals surface area contributed by atoms with Gasteiger partial charge in [-0.15, -0.1) is 0 Å². The number of carbonyl (C=O) groups is 1. The number of nitrogens with one attached hydrogen (secondary N) is 2. The quantitative estimate of drug-likeness (QED) is 0.626. The van der Waals surface area contributed by atoms with Crippen molar-refractivity contribution in [2.24, 2.45) is 0 Å². The fraction of sp³-hybridized carbons (Fsp3) is 0.450. The average molecular weight is 355 g/mol. The monoisotopic (exact) mass is 355 g/mol. The molecule has 0 aliphatic carbocycles. The number of hydrogen-bond acceptors (Lipinski definition) is 5. The first-order valence-electron chi connectivity index (χ1n) is 9.41. The zero-order valence-electron chi connectivity index (χ0n) is 16.0. The minimum absolute atomic E-state index is 0.236. The molecular formula is C20H29N5O. The molecule has 26 heavy (non-hydrogen) atoms. The molecule has 2 N–H and O–H groups in total. The molecule has 0 atom stereocenters. The van der Waals surface area contributed by atoms with Crippen molar-refractivity contribution in [3.8, 4) is 0 Å². The van der Waals surface area contributed by atoms with E-state index in [2.05, 4.69) is 46.3 Å². The second-order valence-electron chi connectivity index (χ2n) is 6.07. The van der Waals surface area contributed by atoms with Gasteiger partial charge in [0.1, 0.15) is 5.69 Å². The fourth-order valence-electron chi connectivity index (χ4n) is 2.68. The predicted octanol–water partition coefficient (Wildman–Crippen LogP) is 4.18. The van der Waals surface area contributed by atoms with Crippen LogP contribution < -0.4 is 15.5 Å². The van der Waals surface area contributed by atoms with Crippen LogP contribution >= 0.6 is 0 Å². The Bertz CT molecular complexity index is 683. The summed E-state index contributed by atoms with van der Waals surface area (Å²) in [5.41, 5.74) is 2.25. The maximum atomic E-state index is 12.4. The van der Waals surface area contributed by atoms with Crippen LogP contribution in [-0.4, -0.2) is 35.5 Å². The summed E-state index contributed by atoms with van der Waals surface area (Å²) in [5, 5.41) is 6.05. The molecule has 0 unspecified atom stereocenters. The number of aromatic nitrogens is 2. The molecule has 0 fully saturated rings. The summed E-state index contributed by atoms with van der Waals surface area (Å²) in [6.07, 6.45) is 5.00. The van der Waals surface area contributed by atoms with Crippen LogP contribution in [0.4, 0.5) is 17.3 Å². The first-order chi connectivity index (χ1) is 12.7. The lowest BCUT2D eigenvalue weighted by Crippen LogP contribution is -2.21. The van der Waals surface area contributed by atoms with Crippen LogP contribution in [0.2, 0.25) is 0 Å². The highest BCUT2D eigenvalue weighted by atomic mass is 16.1. The van der Waals surface area contributed by atoms with Crippen LogP contribution in [-0.2, 0) is 0 Å². The van der Waals surface area contributed by atoms with Crippen molar-refractivity contribution in [2.45, 2.75) is 40.0 Å². The summed E-state index contributed by atoms with van der Waals surface area (Å²) in [4.78, 5) is 23.2. The van der Waals surface area contributed by atoms with E-state index in [0.29, 0.717) is 11.6 Å². The summed E-state index contributed by atoms with van der Waals surface area (Å²) in [7, 11) is 0. The second kappa shape index (κ2) is 10.4. The minimum Gasteiger partial charge on any atom is -0.372 e. The van der Waals surface area contributed by atoms with Crippen molar-refractivity contribution in [3.05, 3.63) is 42.2 Å². The van der Waals surface area contributed by atoms with Gasteiger partial charge in [0.05, 0.1) is 0 Å². The Morgan fingerprint density at radius 3 is 2.42 bits per heavy atom. The van der Waals surface area contributed by atoms with Crippen LogP contribution in [0.25, 0.3) is 0 Å². The molecule has 140 valence electrons. The Kier molecular flexibility index (Phi) is 7.86. The molecule has 0 radical (unpaired) electrons. The summed E-state index contributed by atoms with van der Waals surface area (Å²) in [6, 6.07) is 9.48. The van der Waals surface area contributed by atoms with Crippen molar-refractivity contribution >= 4 is 23.2 Å². The Morgan fingerprint density at radius 1 is 1.04 bits per heavy atom. The van der Waals surface area contributed by atoms with Gasteiger partial charge in [-0.3, -0.25) is 4.79 Å². The van der Waals surface area contributed by atoms with E-state index in [1.54, 1.807) is 12.3 Å². The molecule has 1 aromatic heterocycles. The summed E-state index contributed by atoms with van der Waals surface area (Å²) >= 11 is 0. The van der Waals surface area contributed by atoms with Crippen molar-refractivity contribution in [3.63, 3.8) is 0 Å². The molecule has 0 bridgehead atoms. The zero-order chi connectivity index (χ0) is 18.8. The normalized spacial score (nSPS) is 10.4. The molecule has 1 heterocycles. The van der Waals surface area contributed by atoms with Gasteiger partial charge in [0.2, 0.25) is 5.95 Å². The van der Waals surface area contributed by atoms with Crippen LogP contribution in [0.5, 0.6) is 0 Å². The van der Waals surface area contributed by atoms with E-state index < -0.39 is 0 Å². The molecule has 2 rings (SSSR count). The highest BCUT2D eigenvalue weighted by molar-refractivity contribution is 6.03. The lowest BCUT2D eigenvalue weighted by molar-refractivity contribution is 0.102. The number of carbonyl (C=O) groups excluding carboxylic acids is 1. The van der Waals surface area contributed by atoms with E-state index in [1.807, 2.05) is 24.3 Å². The Balaban J connectivity index is 1.96. The third kappa shape index (κ3) is 5.72. The molecule has 0 aliphatic rings. The van der Waals surface area contributed by atoms with Gasteiger partial charge in [-0.05, 0) is 50.6 Å². The summed E-state index contributed by atoms with van der Waals surface area (Å²) < 4.78 is 0. The van der Waals surface area contributed by atoms with E-state index in [0.717, 1.165) is 50.3 Å². The number of unbranched alkanes of at least 4 members (excludes halogenated alkanes) is 2. The van der Waals surface area contributed by atoms with Gasteiger partial charge < -0.3 is 15.5 Å². The Morgan fingerprint density at radius 2 is 1.77 bits per heavy atom. The van der Waals surface area contributed by atoms with Crippen molar-refractivity contribution < 1.29 is 4.79 Å². The lowest BCUT2D eigenvalue weighted by Gasteiger charge is -2.21. The molecule has 0 saturated carbocycles. The first-order valence-corrected chi connectivity index (χ1v) is 9.41. The number of amides is 1. The van der Waals surface area contributed by atoms with Gasteiger partial charge in [0.25, 0.3) is 5.91 Å². The number of benzene rings is 1. The highest BCUT2D eigenvalue weighted by Crippen LogP contribution is 2.18. The van der Waals surface area contributed by atoms with Gasteiger partial charge in [-0.2, -0.15) is 0 Å². The van der Waals surface area contributed by atoms with Crippen LogP contribution in [0, 0.1) is 0 Å². The maximum Gasteiger partial charge on any atom is 0.274 e. The highest BCUT2D eigenvalue weighted by Gasteiger charge is 2.10. The summed E-state index contributed by atoms with van der Waals surface area (Å²) in [5.74, 6) is 0.255. The van der Waals surface area contributed by atoms with Crippen molar-refractivity contribution in [2.75, 3.05) is 35.2 Å². The van der Waals surface area contributed by atoms with Crippen LogP contribution in [0.3, 0.4) is 0 Å². The van der Waals surface area contributed by atoms with E-state index in [4.69, 9.17) is 0 Å². The van der Waals surface area contributed by atoms with Gasteiger partial charge in [-0.1, -0.05) is 19.8 Å². The first kappa shape index (κ1) is 19.7. The molecule has 0 saturated heterocycles. The van der Waals surface area contributed by atoms with Crippen LogP contribution in [0.15, 0.2) is 36.5 Å². The number of anilines is 3. The number of hydrogen-bond donors (Lipinski definition) is 2. The molecule has 2 aromatic rings. The van der Waals surface area contributed by atoms with Crippen molar-refractivity contribution in [1.82, 2.24) is 9.97 Å². The van der Waals surface area contributed by atoms with Crippen LogP contribution in [0.1, 0.15) is 50.5 Å². The van der Waals surface area contributed by atoms with Crippen molar-refractivity contribution in [1.29, 1.82) is 0 Å².